The summed E-state index contributed by atoms with van der Waals surface area (Å²) in [7, 11) is 3.06. The molecule has 3 aromatic rings. The molecule has 294 valence electrons. The third-order valence-electron chi connectivity index (χ3n) is 10.8. The molecule has 0 bridgehead atoms. The number of anilines is 1. The van der Waals surface area contributed by atoms with Gasteiger partial charge in [-0.15, -0.1) is 0 Å². The first kappa shape index (κ1) is 37.3. The molecule has 55 heavy (non-hydrogen) atoms. The van der Waals surface area contributed by atoms with Gasteiger partial charge < -0.3 is 62.9 Å². The summed E-state index contributed by atoms with van der Waals surface area (Å²) in [6.45, 7) is 4.04. The van der Waals surface area contributed by atoms with Gasteiger partial charge in [-0.25, -0.2) is 0 Å². The third-order valence-corrected chi connectivity index (χ3v) is 10.8. The largest absolute Gasteiger partial charge is 0.493 e. The Morgan fingerprint density at radius 1 is 0.909 bits per heavy atom. The number of methoxy groups -OCH3 is 2. The predicted molar refractivity (Wildman–Crippen MR) is 191 cm³/mol. The summed E-state index contributed by atoms with van der Waals surface area (Å²) in [5, 5.41) is 25.2. The molecule has 4 heterocycles. The second-order valence-corrected chi connectivity index (χ2v) is 14.3. The van der Waals surface area contributed by atoms with E-state index in [2.05, 4.69) is 5.32 Å². The molecule has 1 aliphatic carbocycles. The van der Waals surface area contributed by atoms with Gasteiger partial charge >= 0.3 is 5.97 Å². The smallest absolute Gasteiger partial charge is 0.310 e. The van der Waals surface area contributed by atoms with Crippen LogP contribution in [0.2, 0.25) is 0 Å². The van der Waals surface area contributed by atoms with Crippen LogP contribution in [0.25, 0.3) is 0 Å². The van der Waals surface area contributed by atoms with Gasteiger partial charge in [-0.3, -0.25) is 9.59 Å². The molecule has 0 radical (unpaired) electrons. The Morgan fingerprint density at radius 2 is 1.62 bits per heavy atom. The van der Waals surface area contributed by atoms with E-state index in [9.17, 15) is 19.8 Å². The van der Waals surface area contributed by atoms with Crippen molar-refractivity contribution in [1.29, 1.82) is 0 Å². The summed E-state index contributed by atoms with van der Waals surface area (Å²) in [4.78, 5) is 25.8. The molecule has 3 N–H and O–H groups in total. The molecular formula is C40H45NO14. The lowest BCUT2D eigenvalue weighted by Gasteiger charge is -2.47. The minimum Gasteiger partial charge on any atom is -0.493 e. The number of rotatable bonds is 11. The lowest BCUT2D eigenvalue weighted by Crippen LogP contribution is -2.63. The van der Waals surface area contributed by atoms with Gasteiger partial charge in [0, 0.05) is 23.9 Å². The molecule has 0 saturated carbocycles. The first-order valence-electron chi connectivity index (χ1n) is 18.5. The van der Waals surface area contributed by atoms with Crippen molar-refractivity contribution in [2.24, 2.45) is 11.8 Å². The maximum Gasteiger partial charge on any atom is 0.310 e. The quantitative estimate of drug-likeness (QED) is 0.239. The van der Waals surface area contributed by atoms with E-state index in [1.54, 1.807) is 6.92 Å². The Bertz CT molecular complexity index is 1880. The van der Waals surface area contributed by atoms with Crippen molar-refractivity contribution in [3.05, 3.63) is 70.8 Å². The number of hydrogen-bond donors (Lipinski definition) is 3. The Kier molecular flexibility index (Phi) is 10.5. The van der Waals surface area contributed by atoms with E-state index in [1.807, 2.05) is 55.5 Å². The first-order chi connectivity index (χ1) is 26.7. The van der Waals surface area contributed by atoms with Gasteiger partial charge in [0.1, 0.15) is 31.0 Å². The minimum absolute atomic E-state index is 0.0192. The first-order valence-corrected chi connectivity index (χ1v) is 18.5. The van der Waals surface area contributed by atoms with Gasteiger partial charge in [-0.05, 0) is 72.0 Å². The molecule has 15 heteroatoms. The molecule has 5 aliphatic rings. The number of amides is 1. The molecular weight excluding hydrogens is 718 g/mol. The van der Waals surface area contributed by atoms with Crippen LogP contribution in [0.5, 0.6) is 28.7 Å². The monoisotopic (exact) mass is 763 g/mol. The van der Waals surface area contributed by atoms with Crippen molar-refractivity contribution < 1.29 is 67.2 Å². The maximum atomic E-state index is 13.8. The zero-order chi connectivity index (χ0) is 38.4. The molecule has 0 aromatic heterocycles. The van der Waals surface area contributed by atoms with Gasteiger partial charge in [-0.1, -0.05) is 19.1 Å². The van der Waals surface area contributed by atoms with Crippen molar-refractivity contribution in [3.8, 4) is 28.7 Å². The normalized spacial score (nSPS) is 30.4. The standard InChI is InChI=1S/C40H45NO14/c1-5-6-31(42)41-22-9-7-20(8-10-22)15-49-37-28(46-3)11-21(12-29(37)47-4)32-23-13-26-27(52-18-51-26)14-24(23)36(25-16-50-39(45)33(25)32)55-40-35(44)34(43)38-30(54-40)17-48-19(2)53-38/h7-14,19,25,30,32-36,38,40,43-44H,5-6,15-18H2,1-4H3,(H,41,42)/t19?,25-,30?,32+,33-,34?,35?,36+,38?,40?/m0/s1. The number of aliphatic hydroxyl groups is 2. The van der Waals surface area contributed by atoms with E-state index < -0.39 is 66.8 Å². The number of aliphatic hydroxyl groups excluding tert-OH is 2. The van der Waals surface area contributed by atoms with Crippen molar-refractivity contribution in [2.75, 3.05) is 39.5 Å². The van der Waals surface area contributed by atoms with Crippen LogP contribution in [0.4, 0.5) is 5.69 Å². The molecule has 15 nitrogen and oxygen atoms in total. The number of benzene rings is 3. The van der Waals surface area contributed by atoms with Gasteiger partial charge in [0.2, 0.25) is 18.4 Å². The van der Waals surface area contributed by atoms with Gasteiger partial charge in [-0.2, -0.15) is 0 Å². The SMILES string of the molecule is CCCC(=O)Nc1ccc(COc2c(OC)cc([C@@H]3c4cc5c(cc4[C@@H](OC4OC6COC(C)OC6C(O)C4O)[C@H]4COC(=O)[C@H]34)OCO5)cc2OC)cc1. The second-order valence-electron chi connectivity index (χ2n) is 14.3. The molecule has 6 unspecified atom stereocenters. The zero-order valence-electron chi connectivity index (χ0n) is 30.9. The summed E-state index contributed by atoms with van der Waals surface area (Å²) in [5.41, 5.74) is 3.64. The second kappa shape index (κ2) is 15.5. The Hall–Kier alpha value is -4.64. The highest BCUT2D eigenvalue weighted by Gasteiger charge is 2.56. The molecule has 3 aromatic carbocycles. The number of cyclic esters (lactones) is 1. The fourth-order valence-corrected chi connectivity index (χ4v) is 8.15. The fraction of sp³-hybridized carbons (Fsp3) is 0.500. The zero-order valence-corrected chi connectivity index (χ0v) is 30.9. The van der Waals surface area contributed by atoms with Crippen LogP contribution in [0, 0.1) is 11.8 Å². The number of ether oxygens (including phenoxy) is 10. The number of fused-ring (bicyclic) bond motifs is 4. The van der Waals surface area contributed by atoms with Crippen LogP contribution < -0.4 is 29.0 Å². The van der Waals surface area contributed by atoms with Crippen LogP contribution in [-0.4, -0.2) is 93.3 Å². The summed E-state index contributed by atoms with van der Waals surface area (Å²) < 4.78 is 59.3. The van der Waals surface area contributed by atoms with Crippen molar-refractivity contribution in [3.63, 3.8) is 0 Å². The molecule has 8 rings (SSSR count). The van der Waals surface area contributed by atoms with Crippen LogP contribution >= 0.6 is 0 Å². The van der Waals surface area contributed by atoms with E-state index in [1.165, 1.54) is 14.2 Å². The maximum absolute atomic E-state index is 13.8. The third kappa shape index (κ3) is 7.04. The summed E-state index contributed by atoms with van der Waals surface area (Å²) in [6.07, 6.45) is -5.71. The summed E-state index contributed by atoms with van der Waals surface area (Å²) in [5.74, 6) is -0.176. The fourth-order valence-electron chi connectivity index (χ4n) is 8.15. The number of hydrogen-bond acceptors (Lipinski definition) is 14. The average molecular weight is 764 g/mol. The number of esters is 1. The average Bonchev–Trinajstić information content (AvgIpc) is 3.81. The number of carbonyl (C=O) groups is 2. The molecule has 3 saturated heterocycles. The summed E-state index contributed by atoms with van der Waals surface area (Å²) >= 11 is 0. The topological polar surface area (TPSA) is 179 Å². The summed E-state index contributed by atoms with van der Waals surface area (Å²) in [6, 6.07) is 14.7. The van der Waals surface area contributed by atoms with E-state index in [-0.39, 0.29) is 32.5 Å². The lowest BCUT2D eigenvalue weighted by atomic mass is 9.66. The predicted octanol–water partition coefficient (Wildman–Crippen LogP) is 3.95. The van der Waals surface area contributed by atoms with Gasteiger partial charge in [0.05, 0.1) is 39.5 Å². The van der Waals surface area contributed by atoms with Gasteiger partial charge in [0.25, 0.3) is 0 Å². The highest BCUT2D eigenvalue weighted by atomic mass is 16.8. The lowest BCUT2D eigenvalue weighted by molar-refractivity contribution is -0.364. The van der Waals surface area contributed by atoms with Gasteiger partial charge in [0.15, 0.2) is 35.6 Å². The Morgan fingerprint density at radius 3 is 2.31 bits per heavy atom. The van der Waals surface area contributed by atoms with Crippen LogP contribution in [0.3, 0.4) is 0 Å². The van der Waals surface area contributed by atoms with Crippen LogP contribution in [0.15, 0.2) is 48.5 Å². The Balaban J connectivity index is 1.11. The van der Waals surface area contributed by atoms with E-state index in [0.29, 0.717) is 57.5 Å². The minimum atomic E-state index is -1.45. The van der Waals surface area contributed by atoms with Crippen molar-refractivity contribution in [1.82, 2.24) is 0 Å². The molecule has 1 amide bonds. The van der Waals surface area contributed by atoms with Crippen LogP contribution in [0.1, 0.15) is 61.0 Å². The molecule has 10 atom stereocenters. The van der Waals surface area contributed by atoms with E-state index >= 15 is 0 Å². The van der Waals surface area contributed by atoms with Crippen LogP contribution in [-0.2, 0) is 39.9 Å². The molecule has 0 spiro atoms. The number of nitrogens with one attached hydrogen (secondary N) is 1. The Labute approximate surface area is 317 Å². The molecule has 3 fully saturated rings. The highest BCUT2D eigenvalue weighted by molar-refractivity contribution is 5.90. The van der Waals surface area contributed by atoms with E-state index in [0.717, 1.165) is 12.0 Å². The van der Waals surface area contributed by atoms with E-state index in [4.69, 9.17) is 47.4 Å². The number of carbonyl (C=O) groups excluding carboxylic acids is 2. The van der Waals surface area contributed by atoms with Crippen molar-refractivity contribution in [2.45, 2.75) is 82.3 Å². The highest BCUT2D eigenvalue weighted by Crippen LogP contribution is 2.57. The molecule has 4 aliphatic heterocycles. The van der Waals surface area contributed by atoms with Crippen molar-refractivity contribution >= 4 is 17.6 Å².